The van der Waals surface area contributed by atoms with Crippen molar-refractivity contribution in [1.29, 1.82) is 0 Å². The summed E-state index contributed by atoms with van der Waals surface area (Å²) in [7, 11) is 0. The van der Waals surface area contributed by atoms with Crippen LogP contribution in [0.3, 0.4) is 0 Å². The van der Waals surface area contributed by atoms with Crippen molar-refractivity contribution in [1.82, 2.24) is 4.90 Å². The van der Waals surface area contributed by atoms with E-state index < -0.39 is 5.97 Å². The highest BCUT2D eigenvalue weighted by molar-refractivity contribution is 5.77. The Morgan fingerprint density at radius 1 is 1.42 bits per heavy atom. The molecule has 2 unspecified atom stereocenters. The highest BCUT2D eigenvalue weighted by atomic mass is 16.4. The number of carbonyl (C=O) groups is 1. The Bertz CT molecular complexity index is 507. The van der Waals surface area contributed by atoms with Crippen LogP contribution in [0.25, 0.3) is 0 Å². The maximum Gasteiger partial charge on any atom is 0.312 e. The maximum atomic E-state index is 11.5. The SMILES string of the molecule is CC(N1Cc2ccccc2C(C(=O)O)C1)C1(C)CC1. The molecule has 0 aromatic heterocycles. The van der Waals surface area contributed by atoms with Crippen molar-refractivity contribution < 1.29 is 9.90 Å². The van der Waals surface area contributed by atoms with Crippen LogP contribution in [0.5, 0.6) is 0 Å². The molecule has 0 amide bonds. The molecule has 0 radical (unpaired) electrons. The Labute approximate surface area is 114 Å². The zero-order chi connectivity index (χ0) is 13.6. The van der Waals surface area contributed by atoms with Gasteiger partial charge in [0.25, 0.3) is 0 Å². The first-order valence-corrected chi connectivity index (χ1v) is 7.06. The fraction of sp³-hybridized carbons (Fsp3) is 0.562. The minimum Gasteiger partial charge on any atom is -0.481 e. The standard InChI is InChI=1S/C16H21NO2/c1-11(16(2)7-8-16)17-9-12-5-3-4-6-13(12)14(10-17)15(18)19/h3-6,11,14H,7-10H2,1-2H3,(H,18,19). The Hall–Kier alpha value is -1.35. The molecule has 1 aliphatic heterocycles. The lowest BCUT2D eigenvalue weighted by molar-refractivity contribution is -0.140. The summed E-state index contributed by atoms with van der Waals surface area (Å²) in [5.41, 5.74) is 2.58. The number of carboxylic acids is 1. The quantitative estimate of drug-likeness (QED) is 0.907. The van der Waals surface area contributed by atoms with E-state index in [2.05, 4.69) is 24.8 Å². The summed E-state index contributed by atoms with van der Waals surface area (Å²) < 4.78 is 0. The number of nitrogens with zero attached hydrogens (tertiary/aromatic N) is 1. The second-order valence-corrected chi connectivity index (χ2v) is 6.35. The predicted molar refractivity (Wildman–Crippen MR) is 74.0 cm³/mol. The summed E-state index contributed by atoms with van der Waals surface area (Å²) in [6.07, 6.45) is 2.54. The average molecular weight is 259 g/mol. The predicted octanol–water partition coefficient (Wildman–Crippen LogP) is 2.86. The third-order valence-electron chi connectivity index (χ3n) is 5.11. The molecule has 2 aliphatic rings. The Morgan fingerprint density at radius 2 is 2.11 bits per heavy atom. The molecule has 1 fully saturated rings. The van der Waals surface area contributed by atoms with Crippen LogP contribution >= 0.6 is 0 Å². The molecule has 102 valence electrons. The van der Waals surface area contributed by atoms with Gasteiger partial charge in [0.05, 0.1) is 5.92 Å². The minimum absolute atomic E-state index is 0.380. The van der Waals surface area contributed by atoms with E-state index in [9.17, 15) is 9.90 Å². The summed E-state index contributed by atoms with van der Waals surface area (Å²) in [6.45, 7) is 6.09. The average Bonchev–Trinajstić information content (AvgIpc) is 3.15. The van der Waals surface area contributed by atoms with Crippen LogP contribution in [0.2, 0.25) is 0 Å². The summed E-state index contributed by atoms with van der Waals surface area (Å²) in [5, 5.41) is 9.48. The summed E-state index contributed by atoms with van der Waals surface area (Å²) >= 11 is 0. The molecular weight excluding hydrogens is 238 g/mol. The molecule has 3 nitrogen and oxygen atoms in total. The number of aliphatic carboxylic acids is 1. The van der Waals surface area contributed by atoms with E-state index in [0.717, 1.165) is 12.1 Å². The number of benzene rings is 1. The van der Waals surface area contributed by atoms with Crippen molar-refractivity contribution >= 4 is 5.97 Å². The lowest BCUT2D eigenvalue weighted by atomic mass is 9.87. The fourth-order valence-electron chi connectivity index (χ4n) is 3.20. The fourth-order valence-corrected chi connectivity index (χ4v) is 3.20. The number of hydrogen-bond acceptors (Lipinski definition) is 2. The smallest absolute Gasteiger partial charge is 0.312 e. The monoisotopic (exact) mass is 259 g/mol. The number of rotatable bonds is 3. The molecule has 0 spiro atoms. The molecule has 0 bridgehead atoms. The van der Waals surface area contributed by atoms with Gasteiger partial charge in [0.2, 0.25) is 0 Å². The highest BCUT2D eigenvalue weighted by Crippen LogP contribution is 2.50. The normalized spacial score (nSPS) is 26.5. The van der Waals surface area contributed by atoms with E-state index in [-0.39, 0.29) is 5.92 Å². The molecule has 0 saturated heterocycles. The maximum absolute atomic E-state index is 11.5. The van der Waals surface area contributed by atoms with Crippen LogP contribution in [0, 0.1) is 5.41 Å². The second-order valence-electron chi connectivity index (χ2n) is 6.35. The molecule has 1 saturated carbocycles. The zero-order valence-corrected chi connectivity index (χ0v) is 11.6. The van der Waals surface area contributed by atoms with Gasteiger partial charge in [0.15, 0.2) is 0 Å². The largest absolute Gasteiger partial charge is 0.481 e. The lowest BCUT2D eigenvalue weighted by Gasteiger charge is -2.39. The van der Waals surface area contributed by atoms with Crippen molar-refractivity contribution in [3.8, 4) is 0 Å². The molecule has 1 aromatic rings. The highest BCUT2D eigenvalue weighted by Gasteiger charge is 2.46. The second kappa shape index (κ2) is 4.34. The number of fused-ring (bicyclic) bond motifs is 1. The number of carboxylic acid groups (broad SMARTS) is 1. The van der Waals surface area contributed by atoms with E-state index in [4.69, 9.17) is 0 Å². The van der Waals surface area contributed by atoms with Crippen molar-refractivity contribution in [3.05, 3.63) is 35.4 Å². The van der Waals surface area contributed by atoms with Gasteiger partial charge in [-0.2, -0.15) is 0 Å². The molecule has 3 heteroatoms. The zero-order valence-electron chi connectivity index (χ0n) is 11.6. The van der Waals surface area contributed by atoms with Crippen LogP contribution in [-0.2, 0) is 11.3 Å². The third kappa shape index (κ3) is 2.16. The number of hydrogen-bond donors (Lipinski definition) is 1. The molecule has 2 atom stereocenters. The Kier molecular flexibility index (Phi) is 2.90. The summed E-state index contributed by atoms with van der Waals surface area (Å²) in [5.74, 6) is -1.08. The molecule has 1 aliphatic carbocycles. The summed E-state index contributed by atoms with van der Waals surface area (Å²) in [6, 6.07) is 8.44. The minimum atomic E-state index is -0.703. The van der Waals surface area contributed by atoms with E-state index in [1.165, 1.54) is 18.4 Å². The van der Waals surface area contributed by atoms with Gasteiger partial charge in [0, 0.05) is 19.1 Å². The van der Waals surface area contributed by atoms with Crippen LogP contribution in [0.1, 0.15) is 43.7 Å². The Balaban J connectivity index is 1.90. The topological polar surface area (TPSA) is 40.5 Å². The van der Waals surface area contributed by atoms with Crippen LogP contribution in [-0.4, -0.2) is 28.6 Å². The van der Waals surface area contributed by atoms with E-state index in [1.54, 1.807) is 0 Å². The van der Waals surface area contributed by atoms with Crippen molar-refractivity contribution in [3.63, 3.8) is 0 Å². The van der Waals surface area contributed by atoms with Gasteiger partial charge in [-0.25, -0.2) is 0 Å². The first-order valence-electron chi connectivity index (χ1n) is 7.06. The molecule has 1 aromatic carbocycles. The Morgan fingerprint density at radius 3 is 2.74 bits per heavy atom. The van der Waals surface area contributed by atoms with Gasteiger partial charge in [-0.1, -0.05) is 31.2 Å². The first kappa shape index (κ1) is 12.7. The van der Waals surface area contributed by atoms with Gasteiger partial charge >= 0.3 is 5.97 Å². The molecule has 19 heavy (non-hydrogen) atoms. The van der Waals surface area contributed by atoms with Crippen LogP contribution in [0.4, 0.5) is 0 Å². The lowest BCUT2D eigenvalue weighted by Crippen LogP contribution is -2.45. The van der Waals surface area contributed by atoms with Gasteiger partial charge in [0.1, 0.15) is 0 Å². The molecular formula is C16H21NO2. The third-order valence-corrected chi connectivity index (χ3v) is 5.11. The van der Waals surface area contributed by atoms with Gasteiger partial charge < -0.3 is 5.11 Å². The van der Waals surface area contributed by atoms with Gasteiger partial charge in [-0.3, -0.25) is 9.69 Å². The van der Waals surface area contributed by atoms with Gasteiger partial charge in [-0.15, -0.1) is 0 Å². The van der Waals surface area contributed by atoms with Crippen molar-refractivity contribution in [2.24, 2.45) is 5.41 Å². The van der Waals surface area contributed by atoms with Crippen LogP contribution < -0.4 is 0 Å². The summed E-state index contributed by atoms with van der Waals surface area (Å²) in [4.78, 5) is 13.9. The molecule has 1 N–H and O–H groups in total. The van der Waals surface area contributed by atoms with E-state index >= 15 is 0 Å². The first-order chi connectivity index (χ1) is 9.01. The molecule has 3 rings (SSSR count). The van der Waals surface area contributed by atoms with E-state index in [0.29, 0.717) is 18.0 Å². The van der Waals surface area contributed by atoms with E-state index in [1.807, 2.05) is 18.2 Å². The molecule has 1 heterocycles. The van der Waals surface area contributed by atoms with Gasteiger partial charge in [-0.05, 0) is 36.3 Å². The van der Waals surface area contributed by atoms with Crippen molar-refractivity contribution in [2.45, 2.75) is 45.2 Å². The van der Waals surface area contributed by atoms with Crippen molar-refractivity contribution in [2.75, 3.05) is 6.54 Å². The van der Waals surface area contributed by atoms with Crippen LogP contribution in [0.15, 0.2) is 24.3 Å².